The minimum absolute atomic E-state index is 0.312. The first-order chi connectivity index (χ1) is 9.22. The summed E-state index contributed by atoms with van der Waals surface area (Å²) in [6.07, 6.45) is 3.36. The van der Waals surface area contributed by atoms with E-state index < -0.39 is 0 Å². The summed E-state index contributed by atoms with van der Waals surface area (Å²) >= 11 is 5.98. The van der Waals surface area contributed by atoms with Gasteiger partial charge in [0.05, 0.1) is 18.5 Å². The lowest BCUT2D eigenvalue weighted by atomic mass is 10.2. The zero-order valence-electron chi connectivity index (χ0n) is 10.8. The first-order valence-corrected chi connectivity index (χ1v) is 6.21. The van der Waals surface area contributed by atoms with Crippen LogP contribution in [-0.4, -0.2) is 28.7 Å². The largest absolute Gasteiger partial charge is 0.492 e. The minimum atomic E-state index is 0.312. The predicted octanol–water partition coefficient (Wildman–Crippen LogP) is 2.74. The van der Waals surface area contributed by atoms with Crippen molar-refractivity contribution in [2.75, 3.05) is 13.7 Å². The molecule has 6 heteroatoms. The van der Waals surface area contributed by atoms with Gasteiger partial charge in [-0.3, -0.25) is 4.98 Å². The highest BCUT2D eigenvalue weighted by atomic mass is 35.5. The molecule has 2 aromatic heterocycles. The number of ether oxygens (including phenoxy) is 2. The fourth-order valence-electron chi connectivity index (χ4n) is 1.61. The first kappa shape index (κ1) is 13.7. The van der Waals surface area contributed by atoms with E-state index in [4.69, 9.17) is 21.1 Å². The van der Waals surface area contributed by atoms with E-state index in [-0.39, 0.29) is 0 Å². The quantitative estimate of drug-likeness (QED) is 0.788. The van der Waals surface area contributed by atoms with Crippen molar-refractivity contribution in [3.8, 4) is 17.0 Å². The normalized spacial score (nSPS) is 10.5. The Bertz CT molecular complexity index is 563. The highest BCUT2D eigenvalue weighted by Crippen LogP contribution is 2.23. The molecule has 0 saturated heterocycles. The molecule has 0 aliphatic rings. The smallest absolute Gasteiger partial charge is 0.156 e. The third-order valence-electron chi connectivity index (χ3n) is 2.33. The zero-order valence-corrected chi connectivity index (χ0v) is 11.5. The van der Waals surface area contributed by atoms with Crippen LogP contribution in [0.4, 0.5) is 0 Å². The molecule has 0 fully saturated rings. The lowest BCUT2D eigenvalue weighted by molar-refractivity contribution is 0.178. The third-order valence-corrected chi connectivity index (χ3v) is 2.53. The number of halogens is 1. The van der Waals surface area contributed by atoms with E-state index in [1.165, 1.54) is 0 Å². The Morgan fingerprint density at radius 1 is 1.21 bits per heavy atom. The maximum Gasteiger partial charge on any atom is 0.156 e. The Labute approximate surface area is 116 Å². The molecule has 0 unspecified atom stereocenters. The summed E-state index contributed by atoms with van der Waals surface area (Å²) in [6.45, 7) is 2.82. The van der Waals surface area contributed by atoms with Crippen molar-refractivity contribution in [1.29, 1.82) is 0 Å². The number of rotatable bonds is 5. The molecule has 0 spiro atoms. The number of pyridine rings is 1. The Balaban J connectivity index is 2.37. The van der Waals surface area contributed by atoms with Gasteiger partial charge >= 0.3 is 0 Å². The molecular weight excluding hydrogens is 266 g/mol. The minimum Gasteiger partial charge on any atom is -0.492 e. The van der Waals surface area contributed by atoms with Gasteiger partial charge < -0.3 is 9.47 Å². The Morgan fingerprint density at radius 3 is 2.79 bits per heavy atom. The van der Waals surface area contributed by atoms with E-state index in [2.05, 4.69) is 15.0 Å². The van der Waals surface area contributed by atoms with Crippen LogP contribution in [0.15, 0.2) is 24.5 Å². The van der Waals surface area contributed by atoms with Crippen molar-refractivity contribution in [3.63, 3.8) is 0 Å². The third kappa shape index (κ3) is 3.62. The zero-order chi connectivity index (χ0) is 13.7. The molecule has 0 saturated carbocycles. The summed E-state index contributed by atoms with van der Waals surface area (Å²) in [5.41, 5.74) is 1.52. The summed E-state index contributed by atoms with van der Waals surface area (Å²) in [5, 5.41) is 0.374. The topological polar surface area (TPSA) is 57.1 Å². The standard InChI is InChI=1S/C13H14ClN3O2/c1-3-19-10-4-9(6-15-7-10)11-5-12(14)17-13(16-11)8-18-2/h4-7H,3,8H2,1-2H3. The number of methoxy groups -OCH3 is 1. The van der Waals surface area contributed by atoms with Crippen molar-refractivity contribution in [3.05, 3.63) is 35.5 Å². The Hall–Kier alpha value is -1.72. The second-order valence-electron chi connectivity index (χ2n) is 3.77. The van der Waals surface area contributed by atoms with Crippen molar-refractivity contribution in [2.24, 2.45) is 0 Å². The molecule has 5 nitrogen and oxygen atoms in total. The van der Waals surface area contributed by atoms with Crippen LogP contribution in [0, 0.1) is 0 Å². The maximum absolute atomic E-state index is 5.98. The van der Waals surface area contributed by atoms with E-state index >= 15 is 0 Å². The molecule has 0 atom stereocenters. The van der Waals surface area contributed by atoms with E-state index in [1.54, 1.807) is 25.6 Å². The molecule has 0 amide bonds. The highest BCUT2D eigenvalue weighted by Gasteiger charge is 2.07. The molecule has 2 rings (SSSR count). The molecule has 0 aliphatic heterocycles. The van der Waals surface area contributed by atoms with Gasteiger partial charge in [-0.2, -0.15) is 0 Å². The summed E-state index contributed by atoms with van der Waals surface area (Å²) in [5.74, 6) is 1.23. The van der Waals surface area contributed by atoms with Gasteiger partial charge in [0, 0.05) is 24.9 Å². The van der Waals surface area contributed by atoms with E-state index in [1.807, 2.05) is 13.0 Å². The lowest BCUT2D eigenvalue weighted by Crippen LogP contribution is -1.99. The number of hydrogen-bond acceptors (Lipinski definition) is 5. The molecular formula is C13H14ClN3O2. The summed E-state index contributed by atoms with van der Waals surface area (Å²) in [6, 6.07) is 3.55. The van der Waals surface area contributed by atoms with Gasteiger partial charge in [0.2, 0.25) is 0 Å². The SMILES string of the molecule is CCOc1cncc(-c2cc(Cl)nc(COC)n2)c1. The van der Waals surface area contributed by atoms with Crippen LogP contribution in [0.2, 0.25) is 5.15 Å². The number of nitrogens with zero attached hydrogens (tertiary/aromatic N) is 3. The molecule has 19 heavy (non-hydrogen) atoms. The van der Waals surface area contributed by atoms with E-state index in [0.717, 1.165) is 5.56 Å². The van der Waals surface area contributed by atoms with Crippen LogP contribution in [0.5, 0.6) is 5.75 Å². The lowest BCUT2D eigenvalue weighted by Gasteiger charge is -2.07. The van der Waals surface area contributed by atoms with Gasteiger partial charge in [0.1, 0.15) is 17.5 Å². The predicted molar refractivity (Wildman–Crippen MR) is 72.2 cm³/mol. The average molecular weight is 280 g/mol. The monoisotopic (exact) mass is 279 g/mol. The van der Waals surface area contributed by atoms with Crippen LogP contribution >= 0.6 is 11.6 Å². The highest BCUT2D eigenvalue weighted by molar-refractivity contribution is 6.29. The van der Waals surface area contributed by atoms with Gasteiger partial charge in [-0.15, -0.1) is 0 Å². The number of aromatic nitrogens is 3. The van der Waals surface area contributed by atoms with Crippen LogP contribution in [0.25, 0.3) is 11.3 Å². The molecule has 2 heterocycles. The van der Waals surface area contributed by atoms with Gasteiger partial charge in [-0.1, -0.05) is 11.6 Å². The Kier molecular flexibility index (Phi) is 4.65. The van der Waals surface area contributed by atoms with Crippen LogP contribution < -0.4 is 4.74 Å². The van der Waals surface area contributed by atoms with Crippen LogP contribution in [0.3, 0.4) is 0 Å². The van der Waals surface area contributed by atoms with Crippen molar-refractivity contribution in [1.82, 2.24) is 15.0 Å². The van der Waals surface area contributed by atoms with Gasteiger partial charge in [-0.25, -0.2) is 9.97 Å². The molecule has 0 N–H and O–H groups in total. The molecule has 0 aliphatic carbocycles. The fraction of sp³-hybridized carbons (Fsp3) is 0.308. The molecule has 2 aromatic rings. The second kappa shape index (κ2) is 6.45. The molecule has 0 bridgehead atoms. The molecule has 100 valence electrons. The van der Waals surface area contributed by atoms with Crippen molar-refractivity contribution >= 4 is 11.6 Å². The van der Waals surface area contributed by atoms with Gasteiger partial charge in [0.15, 0.2) is 5.82 Å². The Morgan fingerprint density at radius 2 is 2.05 bits per heavy atom. The van der Waals surface area contributed by atoms with E-state index in [9.17, 15) is 0 Å². The average Bonchev–Trinajstić information content (AvgIpc) is 2.39. The maximum atomic E-state index is 5.98. The van der Waals surface area contributed by atoms with Gasteiger partial charge in [-0.05, 0) is 13.0 Å². The van der Waals surface area contributed by atoms with Gasteiger partial charge in [0.25, 0.3) is 0 Å². The number of hydrogen-bond donors (Lipinski definition) is 0. The van der Waals surface area contributed by atoms with Crippen molar-refractivity contribution in [2.45, 2.75) is 13.5 Å². The van der Waals surface area contributed by atoms with Crippen LogP contribution in [0.1, 0.15) is 12.7 Å². The van der Waals surface area contributed by atoms with E-state index in [0.29, 0.717) is 35.6 Å². The summed E-state index contributed by atoms with van der Waals surface area (Å²) in [4.78, 5) is 12.6. The van der Waals surface area contributed by atoms with Crippen molar-refractivity contribution < 1.29 is 9.47 Å². The fourth-order valence-corrected chi connectivity index (χ4v) is 1.81. The summed E-state index contributed by atoms with van der Waals surface area (Å²) in [7, 11) is 1.58. The summed E-state index contributed by atoms with van der Waals surface area (Å²) < 4.78 is 10.4. The van der Waals surface area contributed by atoms with Crippen LogP contribution in [-0.2, 0) is 11.3 Å². The first-order valence-electron chi connectivity index (χ1n) is 5.83. The second-order valence-corrected chi connectivity index (χ2v) is 4.15. The molecule has 0 radical (unpaired) electrons. The molecule has 0 aromatic carbocycles.